The van der Waals surface area contributed by atoms with Crippen LogP contribution in [0.1, 0.15) is 32.6 Å². The Morgan fingerprint density at radius 3 is 3.16 bits per heavy atom. The van der Waals surface area contributed by atoms with E-state index >= 15 is 0 Å². The van der Waals surface area contributed by atoms with Crippen molar-refractivity contribution in [2.24, 2.45) is 5.84 Å². The second-order valence-electron chi connectivity index (χ2n) is 4.91. The van der Waals surface area contributed by atoms with Crippen LogP contribution in [0.5, 0.6) is 0 Å². The van der Waals surface area contributed by atoms with Gasteiger partial charge in [0.15, 0.2) is 0 Å². The molecule has 0 saturated carbocycles. The lowest BCUT2D eigenvalue weighted by Gasteiger charge is -2.36. The zero-order valence-electron chi connectivity index (χ0n) is 11.1. The van der Waals surface area contributed by atoms with Crippen LogP contribution in [0.15, 0.2) is 11.4 Å². The van der Waals surface area contributed by atoms with Crippen LogP contribution in [0.3, 0.4) is 0 Å². The van der Waals surface area contributed by atoms with Gasteiger partial charge in [-0.1, -0.05) is 6.92 Å². The quantitative estimate of drug-likeness (QED) is 0.667. The van der Waals surface area contributed by atoms with Crippen molar-refractivity contribution in [2.45, 2.75) is 38.6 Å². The summed E-state index contributed by atoms with van der Waals surface area (Å²) in [5.41, 5.74) is 2.58. The number of aromatic nitrogens is 2. The topological polar surface area (TPSA) is 67.1 Å². The molecule has 1 atom stereocenters. The van der Waals surface area contributed by atoms with Gasteiger partial charge in [0.25, 0.3) is 0 Å². The summed E-state index contributed by atoms with van der Waals surface area (Å²) in [6.07, 6.45) is 4.95. The molecule has 102 valence electrons. The van der Waals surface area contributed by atoms with E-state index in [0.29, 0.717) is 12.0 Å². The molecule has 0 radical (unpaired) electrons. The van der Waals surface area contributed by atoms with E-state index in [1.807, 2.05) is 0 Å². The van der Waals surface area contributed by atoms with E-state index in [4.69, 9.17) is 5.84 Å². The maximum atomic E-state index is 5.49. The van der Waals surface area contributed by atoms with E-state index in [2.05, 4.69) is 38.7 Å². The second kappa shape index (κ2) is 5.30. The van der Waals surface area contributed by atoms with Crippen molar-refractivity contribution in [2.75, 3.05) is 16.9 Å². The minimum absolute atomic E-state index is 0.505. The molecule has 1 aliphatic rings. The van der Waals surface area contributed by atoms with Crippen LogP contribution in [-0.4, -0.2) is 22.6 Å². The SMILES string of the molecule is CCC1CCCCN1c1nc(NN)nc2sccc12. The van der Waals surface area contributed by atoms with E-state index in [1.54, 1.807) is 11.3 Å². The lowest BCUT2D eigenvalue weighted by atomic mass is 10.00. The molecule has 2 aromatic heterocycles. The Balaban J connectivity index is 2.08. The van der Waals surface area contributed by atoms with Crippen molar-refractivity contribution in [1.82, 2.24) is 9.97 Å². The average molecular weight is 277 g/mol. The fraction of sp³-hybridized carbons (Fsp3) is 0.538. The normalized spacial score (nSPS) is 19.9. The third-order valence-corrected chi connectivity index (χ3v) is 4.61. The van der Waals surface area contributed by atoms with Gasteiger partial charge < -0.3 is 4.90 Å². The highest BCUT2D eigenvalue weighted by atomic mass is 32.1. The summed E-state index contributed by atoms with van der Waals surface area (Å²) in [7, 11) is 0. The Labute approximate surface area is 116 Å². The minimum atomic E-state index is 0.505. The summed E-state index contributed by atoms with van der Waals surface area (Å²) < 4.78 is 0. The molecule has 6 heteroatoms. The van der Waals surface area contributed by atoms with Gasteiger partial charge in [0.05, 0.1) is 5.39 Å². The van der Waals surface area contributed by atoms with Crippen LogP contribution >= 0.6 is 11.3 Å². The molecule has 0 amide bonds. The highest BCUT2D eigenvalue weighted by molar-refractivity contribution is 7.16. The number of nitrogens with one attached hydrogen (secondary N) is 1. The maximum absolute atomic E-state index is 5.49. The van der Waals surface area contributed by atoms with Gasteiger partial charge >= 0.3 is 0 Å². The van der Waals surface area contributed by atoms with Gasteiger partial charge in [-0.25, -0.2) is 10.8 Å². The number of piperidine rings is 1. The number of hydrazine groups is 1. The summed E-state index contributed by atoms with van der Waals surface area (Å²) in [5.74, 6) is 7.02. The molecule has 3 N–H and O–H groups in total. The predicted molar refractivity (Wildman–Crippen MR) is 80.5 cm³/mol. The summed E-state index contributed by atoms with van der Waals surface area (Å²) in [4.78, 5) is 12.4. The van der Waals surface area contributed by atoms with Gasteiger partial charge in [-0.15, -0.1) is 11.3 Å². The smallest absolute Gasteiger partial charge is 0.240 e. The number of thiophene rings is 1. The Morgan fingerprint density at radius 1 is 1.47 bits per heavy atom. The van der Waals surface area contributed by atoms with Gasteiger partial charge in [-0.3, -0.25) is 5.43 Å². The third-order valence-electron chi connectivity index (χ3n) is 3.80. The highest BCUT2D eigenvalue weighted by Gasteiger charge is 2.24. The molecule has 1 aliphatic heterocycles. The molecule has 19 heavy (non-hydrogen) atoms. The number of hydrogen-bond donors (Lipinski definition) is 2. The van der Waals surface area contributed by atoms with Crippen LogP contribution in [-0.2, 0) is 0 Å². The van der Waals surface area contributed by atoms with E-state index in [0.717, 1.165) is 29.0 Å². The van der Waals surface area contributed by atoms with Crippen LogP contribution in [0, 0.1) is 0 Å². The van der Waals surface area contributed by atoms with Crippen molar-refractivity contribution in [3.8, 4) is 0 Å². The molecule has 3 rings (SSSR count). The lowest BCUT2D eigenvalue weighted by Crippen LogP contribution is -2.39. The molecular weight excluding hydrogens is 258 g/mol. The minimum Gasteiger partial charge on any atom is -0.353 e. The molecule has 1 saturated heterocycles. The Kier molecular flexibility index (Phi) is 3.52. The first kappa shape index (κ1) is 12.6. The largest absolute Gasteiger partial charge is 0.353 e. The van der Waals surface area contributed by atoms with Crippen molar-refractivity contribution in [1.29, 1.82) is 0 Å². The molecule has 2 aromatic rings. The molecule has 0 bridgehead atoms. The molecule has 1 fully saturated rings. The number of nitrogens with zero attached hydrogens (tertiary/aromatic N) is 3. The van der Waals surface area contributed by atoms with Crippen molar-refractivity contribution >= 4 is 33.3 Å². The number of rotatable bonds is 3. The van der Waals surface area contributed by atoms with Gasteiger partial charge in [-0.05, 0) is 37.1 Å². The fourth-order valence-corrected chi connectivity index (χ4v) is 3.59. The summed E-state index contributed by atoms with van der Waals surface area (Å²) in [6.45, 7) is 3.32. The van der Waals surface area contributed by atoms with E-state index < -0.39 is 0 Å². The number of hydrogen-bond acceptors (Lipinski definition) is 6. The Morgan fingerprint density at radius 2 is 2.37 bits per heavy atom. The first-order chi connectivity index (χ1) is 9.33. The van der Waals surface area contributed by atoms with Gasteiger partial charge in [0.1, 0.15) is 10.6 Å². The highest BCUT2D eigenvalue weighted by Crippen LogP contribution is 2.33. The van der Waals surface area contributed by atoms with E-state index in [-0.39, 0.29) is 0 Å². The van der Waals surface area contributed by atoms with E-state index in [1.165, 1.54) is 19.3 Å². The number of anilines is 2. The predicted octanol–water partition coefficient (Wildman–Crippen LogP) is 2.75. The first-order valence-corrected chi connectivity index (χ1v) is 7.70. The molecule has 1 unspecified atom stereocenters. The molecule has 0 aliphatic carbocycles. The molecule has 0 spiro atoms. The van der Waals surface area contributed by atoms with Crippen LogP contribution in [0.25, 0.3) is 10.2 Å². The van der Waals surface area contributed by atoms with E-state index in [9.17, 15) is 0 Å². The number of fused-ring (bicyclic) bond motifs is 1. The fourth-order valence-electron chi connectivity index (χ4n) is 2.83. The van der Waals surface area contributed by atoms with Gasteiger partial charge in [0.2, 0.25) is 5.95 Å². The van der Waals surface area contributed by atoms with Crippen LogP contribution in [0.2, 0.25) is 0 Å². The molecule has 0 aromatic carbocycles. The van der Waals surface area contributed by atoms with Crippen molar-refractivity contribution < 1.29 is 0 Å². The van der Waals surface area contributed by atoms with Crippen LogP contribution < -0.4 is 16.2 Å². The Hall–Kier alpha value is -1.40. The standard InChI is InChI=1S/C13H19N5S/c1-2-9-5-3-4-7-18(9)11-10-6-8-19-12(10)16-13(15-11)17-14/h6,8-9H,2-5,7,14H2,1H3,(H,15,16,17). The number of nitrogens with two attached hydrogens (primary N) is 1. The third kappa shape index (κ3) is 2.26. The molecule has 3 heterocycles. The zero-order chi connectivity index (χ0) is 13.2. The second-order valence-corrected chi connectivity index (χ2v) is 5.80. The Bertz CT molecular complexity index is 567. The summed E-state index contributed by atoms with van der Waals surface area (Å²) in [5, 5.41) is 3.21. The van der Waals surface area contributed by atoms with Gasteiger partial charge in [0, 0.05) is 12.6 Å². The van der Waals surface area contributed by atoms with Crippen molar-refractivity contribution in [3.63, 3.8) is 0 Å². The van der Waals surface area contributed by atoms with Crippen molar-refractivity contribution in [3.05, 3.63) is 11.4 Å². The zero-order valence-corrected chi connectivity index (χ0v) is 11.9. The first-order valence-electron chi connectivity index (χ1n) is 6.82. The summed E-state index contributed by atoms with van der Waals surface area (Å²) in [6, 6.07) is 2.69. The molecule has 5 nitrogen and oxygen atoms in total. The monoisotopic (exact) mass is 277 g/mol. The van der Waals surface area contributed by atoms with Gasteiger partial charge in [-0.2, -0.15) is 4.98 Å². The molecular formula is C13H19N5S. The van der Waals surface area contributed by atoms with Crippen LogP contribution in [0.4, 0.5) is 11.8 Å². The lowest BCUT2D eigenvalue weighted by molar-refractivity contribution is 0.448. The summed E-state index contributed by atoms with van der Waals surface area (Å²) >= 11 is 1.63. The maximum Gasteiger partial charge on any atom is 0.240 e. The average Bonchev–Trinajstić information content (AvgIpc) is 2.94. The number of nitrogen functional groups attached to an aromatic ring is 1.